The van der Waals surface area contributed by atoms with Crippen LogP contribution >= 0.6 is 0 Å². The number of benzene rings is 5. The number of rotatable bonds is 6. The number of carbonyl (C=O) groups excluding carboxylic acids is 3. The van der Waals surface area contributed by atoms with E-state index in [4.69, 9.17) is 18.9 Å². The number of aromatic hydroxyl groups is 2. The van der Waals surface area contributed by atoms with Gasteiger partial charge in [-0.1, -0.05) is 66.7 Å². The first kappa shape index (κ1) is 29.4. The molecular formula is C37H27NO9. The summed E-state index contributed by atoms with van der Waals surface area (Å²) in [4.78, 5) is 41.0. The Hall–Kier alpha value is -6.29. The second kappa shape index (κ2) is 11.9. The molecule has 2 heterocycles. The predicted octanol–water partition coefficient (Wildman–Crippen LogP) is 7.14. The smallest absolute Gasteiger partial charge is 0.419 e. The highest BCUT2D eigenvalue weighted by molar-refractivity contribution is 5.97. The Morgan fingerprint density at radius 1 is 0.638 bits per heavy atom. The molecule has 2 amide bonds. The van der Waals surface area contributed by atoms with Crippen molar-refractivity contribution >= 4 is 18.2 Å². The highest BCUT2D eigenvalue weighted by atomic mass is 16.6. The maximum Gasteiger partial charge on any atom is 0.419 e. The van der Waals surface area contributed by atoms with Gasteiger partial charge in [-0.2, -0.15) is 0 Å². The van der Waals surface area contributed by atoms with Gasteiger partial charge in [0.1, 0.15) is 36.2 Å². The fourth-order valence-electron chi connectivity index (χ4n) is 5.83. The largest absolute Gasteiger partial charge is 0.508 e. The zero-order valence-electron chi connectivity index (χ0n) is 24.8. The van der Waals surface area contributed by atoms with Gasteiger partial charge in [0, 0.05) is 28.8 Å². The number of hydrogen-bond acceptors (Lipinski definition) is 9. The third-order valence-corrected chi connectivity index (χ3v) is 8.03. The van der Waals surface area contributed by atoms with Crippen molar-refractivity contribution in [2.75, 3.05) is 0 Å². The molecule has 0 unspecified atom stereocenters. The first-order valence-corrected chi connectivity index (χ1v) is 14.7. The molecule has 0 radical (unpaired) electrons. The minimum absolute atomic E-state index is 0.0644. The predicted molar refractivity (Wildman–Crippen MR) is 167 cm³/mol. The number of esters is 1. The summed E-state index contributed by atoms with van der Waals surface area (Å²) in [5, 5.41) is 20.4. The van der Waals surface area contributed by atoms with E-state index in [0.29, 0.717) is 22.3 Å². The third kappa shape index (κ3) is 5.46. The summed E-state index contributed by atoms with van der Waals surface area (Å²) in [7, 11) is 0. The maximum absolute atomic E-state index is 13.4. The SMILES string of the molecule is O=C1OC2(c3ccc(O)cc3Oc3cc(O)ccc32)c2cc(CN(C(=O)OCc3ccccc3)C(=O)OCc3ccccc3)ccc21. The average molecular weight is 630 g/mol. The number of carbonyl (C=O) groups is 3. The lowest BCUT2D eigenvalue weighted by atomic mass is 9.77. The van der Waals surface area contributed by atoms with E-state index in [-0.39, 0.29) is 48.3 Å². The number of phenols is 2. The van der Waals surface area contributed by atoms with Crippen LogP contribution in [0.2, 0.25) is 0 Å². The van der Waals surface area contributed by atoms with Gasteiger partial charge < -0.3 is 29.2 Å². The van der Waals surface area contributed by atoms with Gasteiger partial charge in [-0.3, -0.25) is 0 Å². The van der Waals surface area contributed by atoms with Crippen molar-refractivity contribution < 1.29 is 43.5 Å². The highest BCUT2D eigenvalue weighted by Crippen LogP contribution is 2.57. The van der Waals surface area contributed by atoms with E-state index in [1.807, 2.05) is 36.4 Å². The van der Waals surface area contributed by atoms with E-state index in [1.54, 1.807) is 54.6 Å². The summed E-state index contributed by atoms with van der Waals surface area (Å²) in [5.74, 6) is -0.290. The van der Waals surface area contributed by atoms with E-state index in [1.165, 1.54) is 24.3 Å². The molecule has 5 aromatic rings. The number of ether oxygens (including phenoxy) is 4. The summed E-state index contributed by atoms with van der Waals surface area (Å²) in [5.41, 5.74) is 2.01. The Balaban J connectivity index is 1.26. The first-order chi connectivity index (χ1) is 22.8. The van der Waals surface area contributed by atoms with Crippen molar-refractivity contribution in [3.05, 3.63) is 154 Å². The lowest BCUT2D eigenvalue weighted by molar-refractivity contribution is 0.0224. The third-order valence-electron chi connectivity index (χ3n) is 8.03. The normalized spacial score (nSPS) is 13.4. The van der Waals surface area contributed by atoms with Crippen LogP contribution in [-0.4, -0.2) is 33.3 Å². The highest BCUT2D eigenvalue weighted by Gasteiger charge is 2.53. The van der Waals surface area contributed by atoms with Gasteiger partial charge >= 0.3 is 18.2 Å². The van der Waals surface area contributed by atoms with Crippen LogP contribution in [0.5, 0.6) is 23.0 Å². The first-order valence-electron chi connectivity index (χ1n) is 14.7. The molecular weight excluding hydrogens is 602 g/mol. The second-order valence-corrected chi connectivity index (χ2v) is 11.1. The summed E-state index contributed by atoms with van der Waals surface area (Å²) >= 11 is 0. The molecule has 10 nitrogen and oxygen atoms in total. The van der Waals surface area contributed by atoms with E-state index in [9.17, 15) is 24.6 Å². The lowest BCUT2D eigenvalue weighted by Crippen LogP contribution is -2.37. The molecule has 0 aromatic heterocycles. The van der Waals surface area contributed by atoms with Crippen LogP contribution in [0.4, 0.5) is 9.59 Å². The van der Waals surface area contributed by atoms with Gasteiger partial charge in [0.2, 0.25) is 0 Å². The Bertz CT molecular complexity index is 1900. The molecule has 0 aliphatic carbocycles. The van der Waals surface area contributed by atoms with Gasteiger partial charge in [-0.05, 0) is 53.1 Å². The summed E-state index contributed by atoms with van der Waals surface area (Å²) < 4.78 is 23.2. The Labute approximate surface area is 268 Å². The molecule has 2 aliphatic heterocycles. The maximum atomic E-state index is 13.4. The molecule has 0 saturated heterocycles. The molecule has 2 aliphatic rings. The monoisotopic (exact) mass is 629 g/mol. The number of amides is 2. The van der Waals surface area contributed by atoms with Crippen LogP contribution < -0.4 is 4.74 Å². The van der Waals surface area contributed by atoms with Gasteiger partial charge in [0.25, 0.3) is 0 Å². The van der Waals surface area contributed by atoms with Gasteiger partial charge in [-0.25, -0.2) is 19.3 Å². The molecule has 234 valence electrons. The van der Waals surface area contributed by atoms with E-state index >= 15 is 0 Å². The van der Waals surface area contributed by atoms with Gasteiger partial charge in [-0.15, -0.1) is 0 Å². The zero-order valence-corrected chi connectivity index (χ0v) is 24.8. The average Bonchev–Trinajstić information content (AvgIpc) is 3.37. The Morgan fingerprint density at radius 2 is 1.17 bits per heavy atom. The molecule has 10 heteroatoms. The van der Waals surface area contributed by atoms with Crippen molar-refractivity contribution in [1.29, 1.82) is 0 Å². The topological polar surface area (TPSA) is 132 Å². The van der Waals surface area contributed by atoms with Crippen LogP contribution in [0, 0.1) is 0 Å². The minimum Gasteiger partial charge on any atom is -0.508 e. The van der Waals surface area contributed by atoms with E-state index in [0.717, 1.165) is 16.0 Å². The number of imide groups is 1. The minimum atomic E-state index is -1.51. The van der Waals surface area contributed by atoms with Crippen molar-refractivity contribution in [3.8, 4) is 23.0 Å². The van der Waals surface area contributed by atoms with E-state index < -0.39 is 23.8 Å². The summed E-state index contributed by atoms with van der Waals surface area (Å²) in [6.07, 6.45) is -1.83. The molecule has 47 heavy (non-hydrogen) atoms. The summed E-state index contributed by atoms with van der Waals surface area (Å²) in [6.45, 7) is -0.379. The Kier molecular flexibility index (Phi) is 7.45. The molecule has 0 atom stereocenters. The van der Waals surface area contributed by atoms with E-state index in [2.05, 4.69) is 0 Å². The fraction of sp³-hybridized carbons (Fsp3) is 0.108. The molecule has 5 aromatic carbocycles. The van der Waals surface area contributed by atoms with Crippen LogP contribution in [0.3, 0.4) is 0 Å². The lowest BCUT2D eigenvalue weighted by Gasteiger charge is -2.36. The standard InChI is InChI=1S/C37H27NO9/c39-26-12-15-29-32(18-26)46-33-19-27(40)13-16-30(33)37(29)31-17-25(11-14-28(31)34(41)47-37)20-38(35(42)44-21-23-7-3-1-4-8-23)36(43)45-22-24-9-5-2-6-10-24/h1-19,39-40H,20-22H2. The van der Waals surface area contributed by atoms with Crippen LogP contribution in [0.1, 0.15) is 43.7 Å². The molecule has 7 rings (SSSR count). The van der Waals surface area contributed by atoms with Crippen molar-refractivity contribution in [2.24, 2.45) is 0 Å². The number of phenolic OH excluding ortho intramolecular Hbond substituents is 2. The van der Waals surface area contributed by atoms with Gasteiger partial charge in [0.05, 0.1) is 12.1 Å². The molecule has 1 spiro atoms. The van der Waals surface area contributed by atoms with Crippen LogP contribution in [0.15, 0.2) is 115 Å². The zero-order chi connectivity index (χ0) is 32.5. The number of fused-ring (bicyclic) bond motifs is 6. The van der Waals surface area contributed by atoms with Gasteiger partial charge in [0.15, 0.2) is 5.60 Å². The van der Waals surface area contributed by atoms with Crippen molar-refractivity contribution in [1.82, 2.24) is 4.90 Å². The molecule has 0 saturated carbocycles. The van der Waals surface area contributed by atoms with Crippen molar-refractivity contribution in [2.45, 2.75) is 25.4 Å². The quantitative estimate of drug-likeness (QED) is 0.149. The molecule has 2 N–H and O–H groups in total. The second-order valence-electron chi connectivity index (χ2n) is 11.1. The molecule has 0 fully saturated rings. The van der Waals surface area contributed by atoms with Crippen molar-refractivity contribution in [3.63, 3.8) is 0 Å². The Morgan fingerprint density at radius 3 is 1.70 bits per heavy atom. The van der Waals surface area contributed by atoms with Crippen LogP contribution in [0.25, 0.3) is 0 Å². The fourth-order valence-corrected chi connectivity index (χ4v) is 5.83. The summed E-state index contributed by atoms with van der Waals surface area (Å²) in [6, 6.07) is 31.9. The number of hydrogen-bond donors (Lipinski definition) is 2. The molecule has 0 bridgehead atoms. The number of nitrogens with zero attached hydrogens (tertiary/aromatic N) is 1. The van der Waals surface area contributed by atoms with Crippen LogP contribution in [-0.2, 0) is 39.6 Å².